The van der Waals surface area contributed by atoms with Crippen LogP contribution in [0.1, 0.15) is 28.8 Å². The monoisotopic (exact) mass is 428 g/mol. The number of esters is 2. The summed E-state index contributed by atoms with van der Waals surface area (Å²) in [4.78, 5) is 26.1. The van der Waals surface area contributed by atoms with E-state index in [9.17, 15) is 18.0 Å². The van der Waals surface area contributed by atoms with Crippen LogP contribution < -0.4 is 4.74 Å². The Morgan fingerprint density at radius 1 is 1.03 bits per heavy atom. The van der Waals surface area contributed by atoms with Crippen LogP contribution in [-0.2, 0) is 19.6 Å². The number of piperidine rings is 1. The van der Waals surface area contributed by atoms with E-state index in [1.165, 1.54) is 19.2 Å². The molecule has 2 aliphatic rings. The Morgan fingerprint density at radius 3 is 2.37 bits per heavy atom. The highest BCUT2D eigenvalue weighted by Crippen LogP contribution is 2.30. The number of sulfonamides is 1. The number of hydrogen-bond donors (Lipinski definition) is 0. The van der Waals surface area contributed by atoms with E-state index < -0.39 is 16.0 Å². The zero-order chi connectivity index (χ0) is 21.3. The quantitative estimate of drug-likeness (QED) is 0.546. The molecule has 0 bridgehead atoms. The number of rotatable bonds is 3. The van der Waals surface area contributed by atoms with Crippen LogP contribution in [0.2, 0.25) is 0 Å². The Morgan fingerprint density at radius 2 is 1.70 bits per heavy atom. The Labute approximate surface area is 174 Å². The lowest BCUT2D eigenvalue weighted by molar-refractivity contribution is -0.140. The summed E-state index contributed by atoms with van der Waals surface area (Å²) in [7, 11) is -2.37. The zero-order valence-electron chi connectivity index (χ0n) is 16.3. The Hall–Kier alpha value is -3.20. The van der Waals surface area contributed by atoms with Gasteiger partial charge in [-0.3, -0.25) is 4.79 Å². The van der Waals surface area contributed by atoms with Crippen molar-refractivity contribution in [3.8, 4) is 5.75 Å². The number of nitrogens with zero attached hydrogens (tertiary/aromatic N) is 2. The maximum Gasteiger partial charge on any atom is 0.337 e. The second-order valence-electron chi connectivity index (χ2n) is 7.08. The predicted molar refractivity (Wildman–Crippen MR) is 108 cm³/mol. The maximum atomic E-state index is 12.5. The van der Waals surface area contributed by atoms with Gasteiger partial charge < -0.3 is 14.4 Å². The van der Waals surface area contributed by atoms with E-state index in [0.29, 0.717) is 48.6 Å². The van der Waals surface area contributed by atoms with Crippen LogP contribution in [0.3, 0.4) is 0 Å². The fourth-order valence-corrected chi connectivity index (χ4v) is 4.85. The third kappa shape index (κ3) is 3.80. The topological polar surface area (TPSA) is 102 Å². The molecule has 2 aromatic carbocycles. The molecule has 2 aromatic rings. The van der Waals surface area contributed by atoms with Crippen molar-refractivity contribution in [1.29, 1.82) is 0 Å². The van der Waals surface area contributed by atoms with Gasteiger partial charge in [-0.1, -0.05) is 12.1 Å². The SMILES string of the molecule is COC(=O)c1ccc(OC(=O)C2CCN(C3=NS(=O)(=O)c4ccccc43)CC2)cc1. The van der Waals surface area contributed by atoms with Crippen molar-refractivity contribution < 1.29 is 27.5 Å². The third-order valence-corrected chi connectivity index (χ3v) is 6.56. The molecule has 0 radical (unpaired) electrons. The first-order valence-electron chi connectivity index (χ1n) is 9.48. The molecule has 0 amide bonds. The third-order valence-electron chi connectivity index (χ3n) is 5.23. The van der Waals surface area contributed by atoms with E-state index in [4.69, 9.17) is 4.74 Å². The lowest BCUT2D eigenvalue weighted by Crippen LogP contribution is -2.41. The number of hydrogen-bond acceptors (Lipinski definition) is 7. The molecule has 8 nitrogen and oxygen atoms in total. The van der Waals surface area contributed by atoms with Crippen molar-refractivity contribution >= 4 is 27.8 Å². The summed E-state index contributed by atoms with van der Waals surface area (Å²) in [6, 6.07) is 12.9. The van der Waals surface area contributed by atoms with Crippen molar-refractivity contribution in [2.24, 2.45) is 10.3 Å². The van der Waals surface area contributed by atoms with Crippen LogP contribution in [-0.4, -0.2) is 51.3 Å². The van der Waals surface area contributed by atoms with Gasteiger partial charge in [0.2, 0.25) is 0 Å². The van der Waals surface area contributed by atoms with Gasteiger partial charge in [0.1, 0.15) is 10.6 Å². The summed E-state index contributed by atoms with van der Waals surface area (Å²) in [6.07, 6.45) is 1.06. The molecular formula is C21H20N2O6S. The number of carbonyl (C=O) groups is 2. The standard InChI is InChI=1S/C21H20N2O6S/c1-28-20(24)14-6-8-16(9-7-14)29-21(25)15-10-12-23(13-11-15)19-17-4-2-3-5-18(17)30(26,27)22-19/h2-9,15H,10-13H2,1H3. The van der Waals surface area contributed by atoms with Crippen LogP contribution in [0.25, 0.3) is 0 Å². The van der Waals surface area contributed by atoms with Crippen LogP contribution in [0.4, 0.5) is 0 Å². The largest absolute Gasteiger partial charge is 0.465 e. The van der Waals surface area contributed by atoms with Gasteiger partial charge in [-0.05, 0) is 49.2 Å². The minimum absolute atomic E-state index is 0.219. The number of fused-ring (bicyclic) bond motifs is 1. The van der Waals surface area contributed by atoms with Crippen LogP contribution in [0, 0.1) is 5.92 Å². The smallest absolute Gasteiger partial charge is 0.337 e. The predicted octanol–water partition coefficient (Wildman–Crippen LogP) is 2.24. The number of likely N-dealkylation sites (tertiary alicyclic amines) is 1. The fourth-order valence-electron chi connectivity index (χ4n) is 3.62. The fraction of sp³-hybridized carbons (Fsp3) is 0.286. The highest BCUT2D eigenvalue weighted by atomic mass is 32.2. The molecule has 9 heteroatoms. The van der Waals surface area contributed by atoms with E-state index in [-0.39, 0.29) is 16.8 Å². The van der Waals surface area contributed by atoms with Gasteiger partial charge in [0, 0.05) is 18.7 Å². The molecule has 0 atom stereocenters. The minimum atomic E-state index is -3.66. The van der Waals surface area contributed by atoms with Gasteiger partial charge in [0.15, 0.2) is 5.84 Å². The molecule has 0 aromatic heterocycles. The highest BCUT2D eigenvalue weighted by molar-refractivity contribution is 7.90. The Bertz CT molecular complexity index is 1120. The number of ether oxygens (including phenoxy) is 2. The second-order valence-corrected chi connectivity index (χ2v) is 8.66. The molecule has 2 heterocycles. The van der Waals surface area contributed by atoms with E-state index in [1.54, 1.807) is 36.4 Å². The molecule has 0 unspecified atom stereocenters. The molecular weight excluding hydrogens is 408 g/mol. The number of carbonyl (C=O) groups excluding carboxylic acids is 2. The highest BCUT2D eigenvalue weighted by Gasteiger charge is 2.34. The van der Waals surface area contributed by atoms with Gasteiger partial charge in [0.05, 0.1) is 18.6 Å². The first kappa shape index (κ1) is 20.1. The van der Waals surface area contributed by atoms with E-state index in [1.807, 2.05) is 4.90 Å². The van der Waals surface area contributed by atoms with Crippen molar-refractivity contribution in [2.75, 3.05) is 20.2 Å². The lowest BCUT2D eigenvalue weighted by atomic mass is 9.96. The number of benzene rings is 2. The molecule has 1 fully saturated rings. The molecule has 0 aliphatic carbocycles. The average molecular weight is 428 g/mol. The second kappa shape index (κ2) is 7.91. The van der Waals surface area contributed by atoms with Crippen LogP contribution in [0.15, 0.2) is 57.8 Å². The molecule has 156 valence electrons. The lowest BCUT2D eigenvalue weighted by Gasteiger charge is -2.32. The van der Waals surface area contributed by atoms with Gasteiger partial charge in [-0.25, -0.2) is 4.79 Å². The average Bonchev–Trinajstić information content (AvgIpc) is 3.05. The van der Waals surface area contributed by atoms with E-state index in [0.717, 1.165) is 0 Å². The van der Waals surface area contributed by atoms with Gasteiger partial charge >= 0.3 is 11.9 Å². The van der Waals surface area contributed by atoms with Crippen molar-refractivity contribution in [3.63, 3.8) is 0 Å². The molecule has 1 saturated heterocycles. The molecule has 30 heavy (non-hydrogen) atoms. The summed E-state index contributed by atoms with van der Waals surface area (Å²) < 4.78 is 38.5. The molecule has 4 rings (SSSR count). The molecule has 2 aliphatic heterocycles. The Kier molecular flexibility index (Phi) is 5.29. The van der Waals surface area contributed by atoms with Gasteiger partial charge in [-0.15, -0.1) is 4.40 Å². The summed E-state index contributed by atoms with van der Waals surface area (Å²) in [5, 5.41) is 0. The van der Waals surface area contributed by atoms with Crippen molar-refractivity contribution in [3.05, 3.63) is 59.7 Å². The number of methoxy groups -OCH3 is 1. The zero-order valence-corrected chi connectivity index (χ0v) is 17.1. The summed E-state index contributed by atoms with van der Waals surface area (Å²) in [6.45, 7) is 1.01. The van der Waals surface area contributed by atoms with Gasteiger partial charge in [-0.2, -0.15) is 8.42 Å². The molecule has 0 spiro atoms. The van der Waals surface area contributed by atoms with Gasteiger partial charge in [0.25, 0.3) is 10.0 Å². The molecule has 0 N–H and O–H groups in total. The Balaban J connectivity index is 1.38. The van der Waals surface area contributed by atoms with Crippen LogP contribution in [0.5, 0.6) is 5.75 Å². The molecule has 0 saturated carbocycles. The first-order valence-corrected chi connectivity index (χ1v) is 10.9. The first-order chi connectivity index (χ1) is 14.4. The van der Waals surface area contributed by atoms with Crippen molar-refractivity contribution in [2.45, 2.75) is 17.7 Å². The summed E-state index contributed by atoms with van der Waals surface area (Å²) in [5.74, 6) is -0.304. The van der Waals surface area contributed by atoms with E-state index >= 15 is 0 Å². The maximum absolute atomic E-state index is 12.5. The number of amidine groups is 1. The summed E-state index contributed by atoms with van der Waals surface area (Å²) >= 11 is 0. The van der Waals surface area contributed by atoms with Crippen LogP contribution >= 0.6 is 0 Å². The minimum Gasteiger partial charge on any atom is -0.465 e. The normalized spacial score (nSPS) is 17.8. The van der Waals surface area contributed by atoms with Crippen molar-refractivity contribution in [1.82, 2.24) is 4.90 Å². The summed E-state index contributed by atoms with van der Waals surface area (Å²) in [5.41, 5.74) is 0.974. The van der Waals surface area contributed by atoms with E-state index in [2.05, 4.69) is 9.13 Å².